The van der Waals surface area contributed by atoms with Gasteiger partial charge in [-0.15, -0.1) is 0 Å². The Bertz CT molecular complexity index is 656. The predicted molar refractivity (Wildman–Crippen MR) is 87.7 cm³/mol. The number of aryl methyl sites for hydroxylation is 2. The molecule has 2 atom stereocenters. The third-order valence-electron chi connectivity index (χ3n) is 4.12. The summed E-state index contributed by atoms with van der Waals surface area (Å²) in [6.45, 7) is 2.55. The van der Waals surface area contributed by atoms with Gasteiger partial charge in [0.05, 0.1) is 0 Å². The standard InChI is InChI=1S/C17H22N2O5/c1-10(18)17(23)24-15(20)9-19(11(2)16(21)22)14-7-6-12-4-3-5-13(12)8-14/h6-8,10-11H,3-5,9,18H2,1-2H3,(H,21,22)/t10-,11?/m0/s1. The number of carbonyl (C=O) groups is 3. The second-order valence-electron chi connectivity index (χ2n) is 6.03. The Morgan fingerprint density at radius 2 is 1.92 bits per heavy atom. The number of benzene rings is 1. The number of nitrogens with zero attached hydrogens (tertiary/aromatic N) is 1. The van der Waals surface area contributed by atoms with E-state index in [1.54, 1.807) is 6.07 Å². The van der Waals surface area contributed by atoms with Crippen molar-refractivity contribution in [3.63, 3.8) is 0 Å². The molecule has 0 bridgehead atoms. The van der Waals surface area contributed by atoms with Crippen LogP contribution < -0.4 is 10.6 Å². The lowest BCUT2D eigenvalue weighted by Crippen LogP contribution is -2.44. The molecule has 2 rings (SSSR count). The summed E-state index contributed by atoms with van der Waals surface area (Å²) in [5, 5.41) is 9.31. The molecule has 0 saturated carbocycles. The number of rotatable bonds is 6. The SMILES string of the molecule is CC(C(=O)O)N(CC(=O)OC(=O)[C@H](C)N)c1ccc2c(c1)CCC2. The lowest BCUT2D eigenvalue weighted by atomic mass is 10.1. The lowest BCUT2D eigenvalue weighted by Gasteiger charge is -2.28. The summed E-state index contributed by atoms with van der Waals surface area (Å²) in [6, 6.07) is 3.80. The molecule has 0 saturated heterocycles. The second kappa shape index (κ2) is 7.44. The van der Waals surface area contributed by atoms with Gasteiger partial charge in [0.1, 0.15) is 18.6 Å². The molecule has 0 aromatic heterocycles. The molecule has 130 valence electrons. The molecule has 0 fully saturated rings. The van der Waals surface area contributed by atoms with E-state index in [0.29, 0.717) is 5.69 Å². The van der Waals surface area contributed by atoms with Crippen molar-refractivity contribution in [1.82, 2.24) is 0 Å². The summed E-state index contributed by atoms with van der Waals surface area (Å²) in [4.78, 5) is 36.2. The maximum absolute atomic E-state index is 12.0. The van der Waals surface area contributed by atoms with Crippen LogP contribution in [0, 0.1) is 0 Å². The number of carboxylic acid groups (broad SMARTS) is 1. The molecule has 7 nitrogen and oxygen atoms in total. The van der Waals surface area contributed by atoms with Crippen LogP contribution in [-0.2, 0) is 32.0 Å². The Morgan fingerprint density at radius 3 is 2.54 bits per heavy atom. The summed E-state index contributed by atoms with van der Waals surface area (Å²) < 4.78 is 4.65. The van der Waals surface area contributed by atoms with Crippen LogP contribution in [0.15, 0.2) is 18.2 Å². The Labute approximate surface area is 140 Å². The number of esters is 2. The van der Waals surface area contributed by atoms with Crippen LogP contribution in [0.2, 0.25) is 0 Å². The smallest absolute Gasteiger partial charge is 0.333 e. The number of carbonyl (C=O) groups excluding carboxylic acids is 2. The average Bonchev–Trinajstić information content (AvgIpc) is 2.99. The van der Waals surface area contributed by atoms with E-state index >= 15 is 0 Å². The minimum atomic E-state index is -1.07. The van der Waals surface area contributed by atoms with Gasteiger partial charge in [0.2, 0.25) is 0 Å². The minimum absolute atomic E-state index is 0.343. The molecular formula is C17H22N2O5. The maximum atomic E-state index is 12.0. The summed E-state index contributed by atoms with van der Waals surface area (Å²) in [6.07, 6.45) is 3.01. The van der Waals surface area contributed by atoms with Crippen molar-refractivity contribution in [3.05, 3.63) is 29.3 Å². The van der Waals surface area contributed by atoms with Crippen molar-refractivity contribution in [1.29, 1.82) is 0 Å². The van der Waals surface area contributed by atoms with Crippen LogP contribution in [0.1, 0.15) is 31.4 Å². The highest BCUT2D eigenvalue weighted by Gasteiger charge is 2.26. The summed E-state index contributed by atoms with van der Waals surface area (Å²) in [5.41, 5.74) is 8.39. The zero-order valence-electron chi connectivity index (χ0n) is 13.8. The largest absolute Gasteiger partial charge is 0.480 e. The van der Waals surface area contributed by atoms with E-state index in [1.165, 1.54) is 24.3 Å². The van der Waals surface area contributed by atoms with Gasteiger partial charge in [-0.05, 0) is 56.4 Å². The molecule has 7 heteroatoms. The van der Waals surface area contributed by atoms with Crippen molar-refractivity contribution in [3.8, 4) is 0 Å². The predicted octanol–water partition coefficient (Wildman–Crippen LogP) is 0.872. The minimum Gasteiger partial charge on any atom is -0.480 e. The Morgan fingerprint density at radius 1 is 1.25 bits per heavy atom. The fraction of sp³-hybridized carbons (Fsp3) is 0.471. The van der Waals surface area contributed by atoms with Gasteiger partial charge < -0.3 is 20.5 Å². The third-order valence-corrected chi connectivity index (χ3v) is 4.12. The van der Waals surface area contributed by atoms with E-state index in [-0.39, 0.29) is 6.54 Å². The van der Waals surface area contributed by atoms with E-state index < -0.39 is 30.0 Å². The first-order chi connectivity index (χ1) is 11.3. The number of aliphatic carboxylic acids is 1. The number of hydrogen-bond donors (Lipinski definition) is 2. The highest BCUT2D eigenvalue weighted by Crippen LogP contribution is 2.27. The average molecular weight is 334 g/mol. The zero-order valence-corrected chi connectivity index (χ0v) is 13.8. The van der Waals surface area contributed by atoms with Gasteiger partial charge in [-0.2, -0.15) is 0 Å². The molecule has 0 aliphatic heterocycles. The normalized spacial score (nSPS) is 15.3. The number of nitrogens with two attached hydrogens (primary N) is 1. The number of hydrogen-bond acceptors (Lipinski definition) is 6. The zero-order chi connectivity index (χ0) is 17.9. The highest BCUT2D eigenvalue weighted by atomic mass is 16.6. The Hall–Kier alpha value is -2.41. The molecule has 0 radical (unpaired) electrons. The van der Waals surface area contributed by atoms with E-state index in [9.17, 15) is 19.5 Å². The van der Waals surface area contributed by atoms with E-state index in [1.807, 2.05) is 12.1 Å². The number of fused-ring (bicyclic) bond motifs is 1. The monoisotopic (exact) mass is 334 g/mol. The van der Waals surface area contributed by atoms with Gasteiger partial charge in [0.15, 0.2) is 0 Å². The summed E-state index contributed by atoms with van der Waals surface area (Å²) in [5.74, 6) is -2.73. The molecule has 1 aromatic carbocycles. The van der Waals surface area contributed by atoms with Crippen molar-refractivity contribution in [2.45, 2.75) is 45.2 Å². The van der Waals surface area contributed by atoms with E-state index in [4.69, 9.17) is 5.73 Å². The molecule has 0 spiro atoms. The molecule has 3 N–H and O–H groups in total. The maximum Gasteiger partial charge on any atom is 0.333 e. The Kier molecular flexibility index (Phi) is 5.56. The van der Waals surface area contributed by atoms with Gasteiger partial charge >= 0.3 is 17.9 Å². The molecule has 0 heterocycles. The van der Waals surface area contributed by atoms with E-state index in [2.05, 4.69) is 4.74 Å². The molecular weight excluding hydrogens is 312 g/mol. The van der Waals surface area contributed by atoms with Crippen molar-refractivity contribution < 1.29 is 24.2 Å². The van der Waals surface area contributed by atoms with Gasteiger partial charge in [-0.3, -0.25) is 0 Å². The first kappa shape index (κ1) is 17.9. The number of ether oxygens (including phenoxy) is 1. The molecule has 0 amide bonds. The molecule has 1 aliphatic carbocycles. The number of anilines is 1. The van der Waals surface area contributed by atoms with E-state index in [0.717, 1.165) is 24.8 Å². The first-order valence-corrected chi connectivity index (χ1v) is 7.91. The van der Waals surface area contributed by atoms with Crippen LogP contribution in [0.3, 0.4) is 0 Å². The third kappa shape index (κ3) is 4.11. The second-order valence-corrected chi connectivity index (χ2v) is 6.03. The highest BCUT2D eigenvalue weighted by molar-refractivity contribution is 5.91. The molecule has 1 unspecified atom stereocenters. The van der Waals surface area contributed by atoms with Gasteiger partial charge in [-0.25, -0.2) is 14.4 Å². The fourth-order valence-corrected chi connectivity index (χ4v) is 2.70. The topological polar surface area (TPSA) is 110 Å². The molecule has 24 heavy (non-hydrogen) atoms. The first-order valence-electron chi connectivity index (χ1n) is 7.91. The van der Waals surface area contributed by atoms with Crippen molar-refractivity contribution in [2.24, 2.45) is 5.73 Å². The van der Waals surface area contributed by atoms with Crippen LogP contribution in [0.5, 0.6) is 0 Å². The number of carboxylic acids is 1. The van der Waals surface area contributed by atoms with Crippen molar-refractivity contribution >= 4 is 23.6 Å². The van der Waals surface area contributed by atoms with Crippen LogP contribution in [0.4, 0.5) is 5.69 Å². The van der Waals surface area contributed by atoms with Gasteiger partial charge in [-0.1, -0.05) is 6.07 Å². The molecule has 1 aromatic rings. The molecule has 1 aliphatic rings. The van der Waals surface area contributed by atoms with Gasteiger partial charge in [0.25, 0.3) is 0 Å². The van der Waals surface area contributed by atoms with Crippen LogP contribution in [0.25, 0.3) is 0 Å². The fourth-order valence-electron chi connectivity index (χ4n) is 2.70. The quantitative estimate of drug-likeness (QED) is 0.587. The Balaban J connectivity index is 2.20. The summed E-state index contributed by atoms with van der Waals surface area (Å²) >= 11 is 0. The summed E-state index contributed by atoms with van der Waals surface area (Å²) in [7, 11) is 0. The van der Waals surface area contributed by atoms with Crippen LogP contribution in [-0.4, -0.2) is 41.6 Å². The lowest BCUT2D eigenvalue weighted by molar-refractivity contribution is -0.159. The van der Waals surface area contributed by atoms with Crippen molar-refractivity contribution in [2.75, 3.05) is 11.4 Å². The van der Waals surface area contributed by atoms with Gasteiger partial charge in [0, 0.05) is 5.69 Å². The van der Waals surface area contributed by atoms with Crippen LogP contribution >= 0.6 is 0 Å².